The lowest BCUT2D eigenvalue weighted by atomic mass is 10.1. The Kier molecular flexibility index (Phi) is 5.54. The van der Waals surface area contributed by atoms with Crippen molar-refractivity contribution in [2.75, 3.05) is 6.54 Å². The van der Waals surface area contributed by atoms with Crippen molar-refractivity contribution in [3.63, 3.8) is 0 Å². The van der Waals surface area contributed by atoms with Crippen molar-refractivity contribution in [3.8, 4) is 5.75 Å². The Hall–Kier alpha value is -2.60. The number of hydrogen-bond donors (Lipinski definition) is 2. The molecule has 2 rings (SSSR count). The van der Waals surface area contributed by atoms with Crippen molar-refractivity contribution >= 4 is 5.91 Å². The summed E-state index contributed by atoms with van der Waals surface area (Å²) in [6.07, 6.45) is 0.393. The van der Waals surface area contributed by atoms with Crippen molar-refractivity contribution in [2.24, 2.45) is 0 Å². The first-order chi connectivity index (χ1) is 11.0. The van der Waals surface area contributed by atoms with E-state index in [1.807, 2.05) is 13.8 Å². The number of hydrogen-bond acceptors (Lipinski definition) is 4. The van der Waals surface area contributed by atoms with Gasteiger partial charge >= 0.3 is 5.91 Å². The van der Waals surface area contributed by atoms with Gasteiger partial charge in [-0.3, -0.25) is 4.79 Å². The molecule has 1 heterocycles. The van der Waals surface area contributed by atoms with Crippen LogP contribution in [-0.4, -0.2) is 23.7 Å². The first-order valence-corrected chi connectivity index (χ1v) is 7.38. The molecule has 0 bridgehead atoms. The molecule has 0 aliphatic rings. The van der Waals surface area contributed by atoms with Crippen LogP contribution < -0.4 is 14.8 Å². The predicted octanol–water partition coefficient (Wildman–Crippen LogP) is 1.57. The van der Waals surface area contributed by atoms with Crippen LogP contribution in [0.25, 0.3) is 0 Å². The third kappa shape index (κ3) is 4.69. The number of pyridine rings is 1. The number of carbonyl (C=O) groups is 1. The van der Waals surface area contributed by atoms with E-state index >= 15 is 0 Å². The molecule has 1 unspecified atom stereocenters. The second kappa shape index (κ2) is 7.60. The summed E-state index contributed by atoms with van der Waals surface area (Å²) in [5.74, 6) is 0.123. The van der Waals surface area contributed by atoms with Crippen molar-refractivity contribution < 1.29 is 19.4 Å². The van der Waals surface area contributed by atoms with E-state index in [4.69, 9.17) is 4.74 Å². The minimum absolute atomic E-state index is 0.00113. The quantitative estimate of drug-likeness (QED) is 0.626. The number of carbonyl (C=O) groups excluding carboxylic acids is 1. The van der Waals surface area contributed by atoms with Gasteiger partial charge in [0.25, 0.3) is 5.69 Å². The average molecular weight is 316 g/mol. The van der Waals surface area contributed by atoms with Gasteiger partial charge in [-0.05, 0) is 37.6 Å². The molecule has 6 nitrogen and oxygen atoms in total. The maximum Gasteiger partial charge on any atom is 0.317 e. The highest BCUT2D eigenvalue weighted by molar-refractivity contribution is 5.90. The summed E-state index contributed by atoms with van der Waals surface area (Å²) in [7, 11) is 0. The maximum absolute atomic E-state index is 11.9. The predicted molar refractivity (Wildman–Crippen MR) is 84.9 cm³/mol. The first kappa shape index (κ1) is 16.8. The standard InChI is InChI=1S/C17H20N2O4/c1-12(2)23-14-7-5-6-13(10-14)16(20)11-18-17(21)15-8-3-4-9-19(15)22/h3-10,12,16,20H,11H2,1-2H3,(H,18,21). The van der Waals surface area contributed by atoms with Crippen LogP contribution in [0.2, 0.25) is 0 Å². The number of amides is 1. The SMILES string of the molecule is CC(C)Oc1cccc(C(O)CNC(=O)c2cccc[n+]2[O-])c1. The molecule has 23 heavy (non-hydrogen) atoms. The van der Waals surface area contributed by atoms with Crippen LogP contribution in [0.4, 0.5) is 0 Å². The second-order valence-corrected chi connectivity index (χ2v) is 5.38. The van der Waals surface area contributed by atoms with Gasteiger partial charge in [-0.1, -0.05) is 12.1 Å². The van der Waals surface area contributed by atoms with Gasteiger partial charge in [0.2, 0.25) is 0 Å². The zero-order chi connectivity index (χ0) is 16.8. The normalized spacial score (nSPS) is 12.0. The third-order valence-corrected chi connectivity index (χ3v) is 3.13. The minimum atomic E-state index is -0.890. The number of rotatable bonds is 6. The summed E-state index contributed by atoms with van der Waals surface area (Å²) in [5.41, 5.74) is 0.614. The molecule has 0 aliphatic carbocycles. The van der Waals surface area contributed by atoms with Crippen LogP contribution in [0.5, 0.6) is 5.75 Å². The second-order valence-electron chi connectivity index (χ2n) is 5.38. The van der Waals surface area contributed by atoms with Crippen LogP contribution in [0.1, 0.15) is 36.0 Å². The minimum Gasteiger partial charge on any atom is -0.618 e. The topological polar surface area (TPSA) is 85.5 Å². The highest BCUT2D eigenvalue weighted by atomic mass is 16.5. The number of ether oxygens (including phenoxy) is 1. The summed E-state index contributed by atoms with van der Waals surface area (Å²) >= 11 is 0. The average Bonchev–Trinajstić information content (AvgIpc) is 2.52. The lowest BCUT2D eigenvalue weighted by Gasteiger charge is -2.15. The number of aliphatic hydroxyl groups is 1. The highest BCUT2D eigenvalue weighted by Crippen LogP contribution is 2.19. The zero-order valence-electron chi connectivity index (χ0n) is 13.1. The molecule has 1 amide bonds. The van der Waals surface area contributed by atoms with Gasteiger partial charge in [-0.15, -0.1) is 0 Å². The van der Waals surface area contributed by atoms with E-state index in [0.29, 0.717) is 16.0 Å². The van der Waals surface area contributed by atoms with Gasteiger partial charge in [0.1, 0.15) is 5.75 Å². The van der Waals surface area contributed by atoms with E-state index in [2.05, 4.69) is 5.32 Å². The summed E-state index contributed by atoms with van der Waals surface area (Å²) in [6.45, 7) is 3.83. The van der Waals surface area contributed by atoms with Crippen LogP contribution in [-0.2, 0) is 0 Å². The molecule has 0 fully saturated rings. The lowest BCUT2D eigenvalue weighted by molar-refractivity contribution is -0.607. The Morgan fingerprint density at radius 3 is 2.78 bits per heavy atom. The Morgan fingerprint density at radius 2 is 2.09 bits per heavy atom. The van der Waals surface area contributed by atoms with Gasteiger partial charge in [0.15, 0.2) is 6.20 Å². The molecule has 0 radical (unpaired) electrons. The number of aromatic nitrogens is 1. The molecule has 0 spiro atoms. The molecule has 0 aliphatic heterocycles. The monoisotopic (exact) mass is 316 g/mol. The van der Waals surface area contributed by atoms with E-state index in [-0.39, 0.29) is 18.3 Å². The van der Waals surface area contributed by atoms with Gasteiger partial charge in [-0.2, -0.15) is 4.73 Å². The summed E-state index contributed by atoms with van der Waals surface area (Å²) in [6, 6.07) is 11.6. The van der Waals surface area contributed by atoms with Crippen LogP contribution >= 0.6 is 0 Å². The fraction of sp³-hybridized carbons (Fsp3) is 0.294. The number of benzene rings is 1. The molecular formula is C17H20N2O4. The molecule has 0 saturated carbocycles. The molecule has 2 N–H and O–H groups in total. The van der Waals surface area contributed by atoms with Crippen molar-refractivity contribution in [2.45, 2.75) is 26.1 Å². The van der Waals surface area contributed by atoms with Gasteiger partial charge in [0.05, 0.1) is 12.2 Å². The fourth-order valence-electron chi connectivity index (χ4n) is 2.07. The maximum atomic E-state index is 11.9. The van der Waals surface area contributed by atoms with Crippen LogP contribution in [0, 0.1) is 5.21 Å². The van der Waals surface area contributed by atoms with Gasteiger partial charge in [-0.25, -0.2) is 0 Å². The zero-order valence-corrected chi connectivity index (χ0v) is 13.1. The highest BCUT2D eigenvalue weighted by Gasteiger charge is 2.17. The van der Waals surface area contributed by atoms with E-state index < -0.39 is 12.0 Å². The Labute approximate surface area is 134 Å². The lowest BCUT2D eigenvalue weighted by Crippen LogP contribution is -2.40. The smallest absolute Gasteiger partial charge is 0.317 e. The van der Waals surface area contributed by atoms with Crippen LogP contribution in [0.3, 0.4) is 0 Å². The Bertz CT molecular complexity index is 673. The fourth-order valence-corrected chi connectivity index (χ4v) is 2.07. The third-order valence-electron chi connectivity index (χ3n) is 3.13. The molecule has 1 atom stereocenters. The molecule has 6 heteroatoms. The van der Waals surface area contributed by atoms with E-state index in [9.17, 15) is 15.1 Å². The molecule has 0 saturated heterocycles. The summed E-state index contributed by atoms with van der Waals surface area (Å²) in [4.78, 5) is 11.9. The van der Waals surface area contributed by atoms with Crippen molar-refractivity contribution in [3.05, 3.63) is 65.1 Å². The van der Waals surface area contributed by atoms with Crippen molar-refractivity contribution in [1.29, 1.82) is 0 Å². The van der Waals surface area contributed by atoms with E-state index in [0.717, 1.165) is 0 Å². The largest absolute Gasteiger partial charge is 0.618 e. The number of nitrogens with zero attached hydrogens (tertiary/aromatic N) is 1. The molecule has 1 aromatic carbocycles. The molecule has 1 aromatic heterocycles. The van der Waals surface area contributed by atoms with E-state index in [1.54, 1.807) is 36.4 Å². The Balaban J connectivity index is 1.98. The molecule has 122 valence electrons. The summed E-state index contributed by atoms with van der Waals surface area (Å²) in [5, 5.41) is 24.2. The summed E-state index contributed by atoms with van der Waals surface area (Å²) < 4.78 is 6.06. The molecular weight excluding hydrogens is 296 g/mol. The first-order valence-electron chi connectivity index (χ1n) is 7.38. The van der Waals surface area contributed by atoms with Gasteiger partial charge < -0.3 is 20.4 Å². The van der Waals surface area contributed by atoms with Gasteiger partial charge in [0, 0.05) is 18.7 Å². The molecule has 2 aromatic rings. The number of nitrogens with one attached hydrogen (secondary N) is 1. The van der Waals surface area contributed by atoms with Crippen molar-refractivity contribution in [1.82, 2.24) is 5.32 Å². The van der Waals surface area contributed by atoms with Crippen LogP contribution in [0.15, 0.2) is 48.7 Å². The Morgan fingerprint density at radius 1 is 1.30 bits per heavy atom. The number of aliphatic hydroxyl groups excluding tert-OH is 1. The van der Waals surface area contributed by atoms with E-state index in [1.165, 1.54) is 12.3 Å².